The highest BCUT2D eigenvalue weighted by Gasteiger charge is 2.25. The van der Waals surface area contributed by atoms with Crippen molar-refractivity contribution in [2.75, 3.05) is 26.8 Å². The SMILES string of the molecule is COc1cc(CN2CCCC(C(=O)O)C2)ccc1OCCc1ccccc1. The lowest BCUT2D eigenvalue weighted by molar-refractivity contribution is -0.143. The number of carbonyl (C=O) groups is 1. The van der Waals surface area contributed by atoms with E-state index in [0.717, 1.165) is 43.7 Å². The third kappa shape index (κ3) is 5.47. The molecule has 3 rings (SSSR count). The molecule has 2 aromatic rings. The summed E-state index contributed by atoms with van der Waals surface area (Å²) in [4.78, 5) is 13.4. The maximum Gasteiger partial charge on any atom is 0.307 e. The van der Waals surface area contributed by atoms with Gasteiger partial charge in [0.05, 0.1) is 19.6 Å². The molecule has 0 bridgehead atoms. The van der Waals surface area contributed by atoms with Crippen molar-refractivity contribution in [2.45, 2.75) is 25.8 Å². The van der Waals surface area contributed by atoms with E-state index >= 15 is 0 Å². The smallest absolute Gasteiger partial charge is 0.307 e. The molecule has 0 spiro atoms. The third-order valence-corrected chi connectivity index (χ3v) is 4.98. The van der Waals surface area contributed by atoms with Gasteiger partial charge in [0.25, 0.3) is 0 Å². The molecular weight excluding hydrogens is 342 g/mol. The number of benzene rings is 2. The van der Waals surface area contributed by atoms with E-state index in [1.54, 1.807) is 7.11 Å². The molecule has 5 heteroatoms. The lowest BCUT2D eigenvalue weighted by Crippen LogP contribution is -2.38. The number of methoxy groups -OCH3 is 1. The first-order chi connectivity index (χ1) is 13.2. The fraction of sp³-hybridized carbons (Fsp3) is 0.409. The highest BCUT2D eigenvalue weighted by atomic mass is 16.5. The van der Waals surface area contributed by atoms with Gasteiger partial charge in [-0.05, 0) is 42.6 Å². The lowest BCUT2D eigenvalue weighted by Gasteiger charge is -2.30. The van der Waals surface area contributed by atoms with Gasteiger partial charge in [-0.2, -0.15) is 0 Å². The van der Waals surface area contributed by atoms with Gasteiger partial charge in [0, 0.05) is 19.5 Å². The predicted molar refractivity (Wildman–Crippen MR) is 104 cm³/mol. The largest absolute Gasteiger partial charge is 0.493 e. The number of nitrogens with zero attached hydrogens (tertiary/aromatic N) is 1. The molecule has 1 saturated heterocycles. The summed E-state index contributed by atoms with van der Waals surface area (Å²) >= 11 is 0. The Balaban J connectivity index is 1.57. The Hall–Kier alpha value is -2.53. The first-order valence-corrected chi connectivity index (χ1v) is 9.44. The summed E-state index contributed by atoms with van der Waals surface area (Å²) in [5.74, 6) is 0.493. The van der Waals surface area contributed by atoms with Gasteiger partial charge in [-0.25, -0.2) is 0 Å². The first kappa shape index (κ1) is 19.2. The normalized spacial score (nSPS) is 17.4. The second-order valence-electron chi connectivity index (χ2n) is 6.98. The fourth-order valence-corrected chi connectivity index (χ4v) is 3.51. The molecule has 0 radical (unpaired) electrons. The van der Waals surface area contributed by atoms with Crippen LogP contribution in [-0.2, 0) is 17.8 Å². The summed E-state index contributed by atoms with van der Waals surface area (Å²) < 4.78 is 11.4. The second kappa shape index (κ2) is 9.42. The second-order valence-corrected chi connectivity index (χ2v) is 6.98. The van der Waals surface area contributed by atoms with Crippen LogP contribution in [0.5, 0.6) is 11.5 Å². The topological polar surface area (TPSA) is 59.0 Å². The van der Waals surface area contributed by atoms with E-state index in [-0.39, 0.29) is 5.92 Å². The summed E-state index contributed by atoms with van der Waals surface area (Å²) in [6, 6.07) is 16.2. The maximum absolute atomic E-state index is 11.2. The van der Waals surface area contributed by atoms with Crippen molar-refractivity contribution in [3.8, 4) is 11.5 Å². The maximum atomic E-state index is 11.2. The summed E-state index contributed by atoms with van der Waals surface area (Å²) in [5, 5.41) is 9.24. The van der Waals surface area contributed by atoms with Crippen LogP contribution in [0.15, 0.2) is 48.5 Å². The third-order valence-electron chi connectivity index (χ3n) is 4.98. The van der Waals surface area contributed by atoms with Gasteiger partial charge < -0.3 is 14.6 Å². The van der Waals surface area contributed by atoms with E-state index in [9.17, 15) is 9.90 Å². The van der Waals surface area contributed by atoms with Gasteiger partial charge in [0.1, 0.15) is 0 Å². The molecule has 0 aliphatic carbocycles. The van der Waals surface area contributed by atoms with Crippen LogP contribution in [-0.4, -0.2) is 42.8 Å². The van der Waals surface area contributed by atoms with Crippen LogP contribution >= 0.6 is 0 Å². The standard InChI is InChI=1S/C22H27NO4/c1-26-21-14-18(15-23-12-5-8-19(16-23)22(24)25)9-10-20(21)27-13-11-17-6-3-2-4-7-17/h2-4,6-7,9-10,14,19H,5,8,11-13,15-16H2,1H3,(H,24,25). The molecule has 144 valence electrons. The lowest BCUT2D eigenvalue weighted by atomic mass is 9.98. The van der Waals surface area contributed by atoms with Crippen LogP contribution in [0.2, 0.25) is 0 Å². The Labute approximate surface area is 160 Å². The number of hydrogen-bond acceptors (Lipinski definition) is 4. The molecule has 1 heterocycles. The van der Waals surface area contributed by atoms with Gasteiger partial charge in [-0.1, -0.05) is 36.4 Å². The number of carboxylic acids is 1. The molecule has 1 unspecified atom stereocenters. The average molecular weight is 369 g/mol. The van der Waals surface area contributed by atoms with Crippen LogP contribution in [0.1, 0.15) is 24.0 Å². The molecule has 1 aliphatic rings. The number of hydrogen-bond donors (Lipinski definition) is 1. The summed E-state index contributed by atoms with van der Waals surface area (Å²) in [6.07, 6.45) is 2.54. The van der Waals surface area contributed by atoms with Gasteiger partial charge in [-0.3, -0.25) is 9.69 Å². The molecule has 0 amide bonds. The Morgan fingerprint density at radius 3 is 2.70 bits per heavy atom. The molecule has 0 saturated carbocycles. The van der Waals surface area contributed by atoms with Crippen LogP contribution in [0.4, 0.5) is 0 Å². The van der Waals surface area contributed by atoms with E-state index < -0.39 is 5.97 Å². The first-order valence-electron chi connectivity index (χ1n) is 9.44. The van der Waals surface area contributed by atoms with Gasteiger partial charge in [0.15, 0.2) is 11.5 Å². The van der Waals surface area contributed by atoms with Crippen molar-refractivity contribution in [1.82, 2.24) is 4.90 Å². The zero-order chi connectivity index (χ0) is 19.1. The zero-order valence-electron chi connectivity index (χ0n) is 15.8. The van der Waals surface area contributed by atoms with E-state index in [1.165, 1.54) is 5.56 Å². The number of likely N-dealkylation sites (tertiary alicyclic amines) is 1. The van der Waals surface area contributed by atoms with Crippen molar-refractivity contribution in [3.05, 3.63) is 59.7 Å². The minimum Gasteiger partial charge on any atom is -0.493 e. The Morgan fingerprint density at radius 2 is 1.96 bits per heavy atom. The number of rotatable bonds is 8. The minimum absolute atomic E-state index is 0.263. The molecule has 1 N–H and O–H groups in total. The molecule has 0 aromatic heterocycles. The zero-order valence-corrected chi connectivity index (χ0v) is 15.8. The highest BCUT2D eigenvalue weighted by Crippen LogP contribution is 2.29. The van der Waals surface area contributed by atoms with Gasteiger partial charge in [0.2, 0.25) is 0 Å². The fourth-order valence-electron chi connectivity index (χ4n) is 3.51. The minimum atomic E-state index is -0.695. The van der Waals surface area contributed by atoms with E-state index in [0.29, 0.717) is 18.9 Å². The molecule has 27 heavy (non-hydrogen) atoms. The summed E-state index contributed by atoms with van der Waals surface area (Å²) in [7, 11) is 1.64. The predicted octanol–water partition coefficient (Wildman–Crippen LogP) is 3.61. The molecule has 5 nitrogen and oxygen atoms in total. The number of piperidine rings is 1. The van der Waals surface area contributed by atoms with Gasteiger partial charge >= 0.3 is 5.97 Å². The average Bonchev–Trinajstić information content (AvgIpc) is 2.70. The van der Waals surface area contributed by atoms with E-state index in [2.05, 4.69) is 17.0 Å². The summed E-state index contributed by atoms with van der Waals surface area (Å²) in [5.41, 5.74) is 2.35. The number of aliphatic carboxylic acids is 1. The Kier molecular flexibility index (Phi) is 6.71. The van der Waals surface area contributed by atoms with Crippen molar-refractivity contribution in [2.24, 2.45) is 5.92 Å². The number of ether oxygens (including phenoxy) is 2. The molecule has 1 fully saturated rings. The van der Waals surface area contributed by atoms with Crippen molar-refractivity contribution < 1.29 is 19.4 Å². The van der Waals surface area contributed by atoms with E-state index in [4.69, 9.17) is 9.47 Å². The highest BCUT2D eigenvalue weighted by molar-refractivity contribution is 5.70. The van der Waals surface area contributed by atoms with Crippen LogP contribution < -0.4 is 9.47 Å². The quantitative estimate of drug-likeness (QED) is 0.770. The van der Waals surface area contributed by atoms with Crippen LogP contribution in [0.3, 0.4) is 0 Å². The van der Waals surface area contributed by atoms with E-state index in [1.807, 2.05) is 36.4 Å². The summed E-state index contributed by atoms with van der Waals surface area (Å²) in [6.45, 7) is 2.85. The Morgan fingerprint density at radius 1 is 1.15 bits per heavy atom. The van der Waals surface area contributed by atoms with Gasteiger partial charge in [-0.15, -0.1) is 0 Å². The molecule has 2 aromatic carbocycles. The monoisotopic (exact) mass is 369 g/mol. The molecule has 1 atom stereocenters. The van der Waals surface area contributed by atoms with Crippen LogP contribution in [0, 0.1) is 5.92 Å². The Bertz CT molecular complexity index is 747. The van der Waals surface area contributed by atoms with Crippen molar-refractivity contribution >= 4 is 5.97 Å². The molecule has 1 aliphatic heterocycles. The molecular formula is C22H27NO4. The van der Waals surface area contributed by atoms with Crippen molar-refractivity contribution in [3.63, 3.8) is 0 Å². The van der Waals surface area contributed by atoms with Crippen molar-refractivity contribution in [1.29, 1.82) is 0 Å². The number of carboxylic acid groups (broad SMARTS) is 1. The van der Waals surface area contributed by atoms with Crippen LogP contribution in [0.25, 0.3) is 0 Å².